The maximum Gasteiger partial charge on any atom is 0.166 e. The molecule has 1 aromatic rings. The van der Waals surface area contributed by atoms with E-state index in [2.05, 4.69) is 19.2 Å². The van der Waals surface area contributed by atoms with Gasteiger partial charge in [0, 0.05) is 23.7 Å². The van der Waals surface area contributed by atoms with Crippen LogP contribution in [0, 0.1) is 13.8 Å². The van der Waals surface area contributed by atoms with E-state index >= 15 is 0 Å². The molecule has 0 radical (unpaired) electrons. The summed E-state index contributed by atoms with van der Waals surface area (Å²) in [5.74, 6) is 0.259. The third-order valence-electron chi connectivity index (χ3n) is 2.92. The summed E-state index contributed by atoms with van der Waals surface area (Å²) < 4.78 is 0. The van der Waals surface area contributed by atoms with Crippen molar-refractivity contribution < 1.29 is 4.79 Å². The van der Waals surface area contributed by atoms with Gasteiger partial charge < -0.3 is 5.32 Å². The van der Waals surface area contributed by atoms with Crippen LogP contribution >= 0.6 is 0 Å². The molecule has 1 aliphatic rings. The standard InChI is InChI=1S/C12H15NO/c1-7-4-5-10-11(14)6-8(2)13-12(10)9(7)3/h4-5,8,13H,6H2,1-3H3. The zero-order chi connectivity index (χ0) is 10.3. The maximum absolute atomic E-state index is 11.7. The van der Waals surface area contributed by atoms with E-state index in [0.717, 1.165) is 11.3 Å². The van der Waals surface area contributed by atoms with E-state index in [1.165, 1.54) is 11.1 Å². The van der Waals surface area contributed by atoms with E-state index in [1.54, 1.807) is 0 Å². The van der Waals surface area contributed by atoms with Crippen LogP contribution < -0.4 is 5.32 Å². The van der Waals surface area contributed by atoms with E-state index in [0.29, 0.717) is 6.42 Å². The number of rotatable bonds is 0. The minimum absolute atomic E-state index is 0.259. The van der Waals surface area contributed by atoms with E-state index < -0.39 is 0 Å². The Morgan fingerprint density at radius 2 is 2.07 bits per heavy atom. The first kappa shape index (κ1) is 9.25. The summed E-state index contributed by atoms with van der Waals surface area (Å²) in [4.78, 5) is 11.7. The Bertz CT molecular complexity index is 396. The Hall–Kier alpha value is -1.31. The van der Waals surface area contributed by atoms with Gasteiger partial charge in [-0.25, -0.2) is 0 Å². The molecule has 1 heterocycles. The fourth-order valence-electron chi connectivity index (χ4n) is 1.92. The van der Waals surface area contributed by atoms with Gasteiger partial charge in [-0.1, -0.05) is 6.07 Å². The molecule has 0 bridgehead atoms. The molecule has 1 aromatic carbocycles. The lowest BCUT2D eigenvalue weighted by atomic mass is 9.93. The van der Waals surface area contributed by atoms with E-state index in [4.69, 9.17) is 0 Å². The van der Waals surface area contributed by atoms with Gasteiger partial charge in [0.05, 0.1) is 0 Å². The molecular weight excluding hydrogens is 174 g/mol. The quantitative estimate of drug-likeness (QED) is 0.679. The van der Waals surface area contributed by atoms with Crippen molar-refractivity contribution in [3.63, 3.8) is 0 Å². The van der Waals surface area contributed by atoms with Crippen LogP contribution in [0.2, 0.25) is 0 Å². The zero-order valence-corrected chi connectivity index (χ0v) is 8.85. The summed E-state index contributed by atoms with van der Waals surface area (Å²) in [6.07, 6.45) is 0.607. The lowest BCUT2D eigenvalue weighted by Gasteiger charge is -2.25. The summed E-state index contributed by atoms with van der Waals surface area (Å²) in [6.45, 7) is 6.18. The van der Waals surface area contributed by atoms with Crippen molar-refractivity contribution in [3.8, 4) is 0 Å². The van der Waals surface area contributed by atoms with Crippen LogP contribution in [-0.4, -0.2) is 11.8 Å². The molecule has 74 valence electrons. The Balaban J connectivity index is 2.59. The first-order valence-electron chi connectivity index (χ1n) is 4.99. The van der Waals surface area contributed by atoms with Crippen molar-refractivity contribution in [2.75, 3.05) is 5.32 Å². The summed E-state index contributed by atoms with van der Waals surface area (Å²) in [6, 6.07) is 4.21. The van der Waals surface area contributed by atoms with Crippen molar-refractivity contribution in [2.45, 2.75) is 33.2 Å². The Labute approximate surface area is 84.3 Å². The molecule has 1 atom stereocenters. The van der Waals surface area contributed by atoms with Crippen molar-refractivity contribution in [1.82, 2.24) is 0 Å². The molecule has 2 nitrogen and oxygen atoms in total. The third-order valence-corrected chi connectivity index (χ3v) is 2.92. The molecule has 1 unspecified atom stereocenters. The normalized spacial score (nSPS) is 20.2. The van der Waals surface area contributed by atoms with Crippen molar-refractivity contribution in [1.29, 1.82) is 0 Å². The highest BCUT2D eigenvalue weighted by Gasteiger charge is 2.22. The fourth-order valence-corrected chi connectivity index (χ4v) is 1.92. The number of aryl methyl sites for hydroxylation is 1. The average Bonchev–Trinajstić information content (AvgIpc) is 2.12. The van der Waals surface area contributed by atoms with Gasteiger partial charge in [0.15, 0.2) is 5.78 Å². The smallest absolute Gasteiger partial charge is 0.166 e. The van der Waals surface area contributed by atoms with Gasteiger partial charge in [-0.15, -0.1) is 0 Å². The van der Waals surface area contributed by atoms with E-state index in [1.807, 2.05) is 19.1 Å². The van der Waals surface area contributed by atoms with Gasteiger partial charge in [0.1, 0.15) is 0 Å². The minimum Gasteiger partial charge on any atom is -0.381 e. The number of carbonyl (C=O) groups excluding carboxylic acids is 1. The van der Waals surface area contributed by atoms with Gasteiger partial charge in [0.2, 0.25) is 0 Å². The molecule has 0 aliphatic carbocycles. The summed E-state index contributed by atoms with van der Waals surface area (Å²) in [7, 11) is 0. The maximum atomic E-state index is 11.7. The lowest BCUT2D eigenvalue weighted by molar-refractivity contribution is 0.0974. The van der Waals surface area contributed by atoms with Crippen LogP contribution in [0.3, 0.4) is 0 Å². The molecule has 1 N–H and O–H groups in total. The molecular formula is C12H15NO. The second-order valence-electron chi connectivity index (χ2n) is 4.10. The van der Waals surface area contributed by atoms with Crippen molar-refractivity contribution in [3.05, 3.63) is 28.8 Å². The number of carbonyl (C=O) groups is 1. The van der Waals surface area contributed by atoms with Gasteiger partial charge in [-0.05, 0) is 38.0 Å². The first-order chi connectivity index (χ1) is 6.59. The Morgan fingerprint density at radius 3 is 2.79 bits per heavy atom. The van der Waals surface area contributed by atoms with Gasteiger partial charge in [-0.2, -0.15) is 0 Å². The van der Waals surface area contributed by atoms with Crippen LogP contribution in [0.25, 0.3) is 0 Å². The van der Waals surface area contributed by atoms with Crippen LogP contribution in [0.4, 0.5) is 5.69 Å². The molecule has 0 amide bonds. The zero-order valence-electron chi connectivity index (χ0n) is 8.85. The number of nitrogens with one attached hydrogen (secondary N) is 1. The largest absolute Gasteiger partial charge is 0.381 e. The number of hydrogen-bond acceptors (Lipinski definition) is 2. The lowest BCUT2D eigenvalue weighted by Crippen LogP contribution is -2.27. The fraction of sp³-hybridized carbons (Fsp3) is 0.417. The van der Waals surface area contributed by atoms with Gasteiger partial charge >= 0.3 is 0 Å². The summed E-state index contributed by atoms with van der Waals surface area (Å²) >= 11 is 0. The highest BCUT2D eigenvalue weighted by atomic mass is 16.1. The SMILES string of the molecule is Cc1ccc2c(c1C)NC(C)CC2=O. The van der Waals surface area contributed by atoms with Crippen LogP contribution in [-0.2, 0) is 0 Å². The topological polar surface area (TPSA) is 29.1 Å². The van der Waals surface area contributed by atoms with Gasteiger partial charge in [0.25, 0.3) is 0 Å². The summed E-state index contributed by atoms with van der Waals surface area (Å²) in [5.41, 5.74) is 4.32. The number of anilines is 1. The Morgan fingerprint density at radius 1 is 1.36 bits per heavy atom. The van der Waals surface area contributed by atoms with Crippen LogP contribution in [0.15, 0.2) is 12.1 Å². The average molecular weight is 189 g/mol. The molecule has 0 spiro atoms. The molecule has 0 saturated carbocycles. The van der Waals surface area contributed by atoms with Gasteiger partial charge in [-0.3, -0.25) is 4.79 Å². The molecule has 0 fully saturated rings. The predicted molar refractivity (Wildman–Crippen MR) is 57.9 cm³/mol. The number of hydrogen-bond donors (Lipinski definition) is 1. The highest BCUT2D eigenvalue weighted by Crippen LogP contribution is 2.29. The molecule has 14 heavy (non-hydrogen) atoms. The summed E-state index contributed by atoms with van der Waals surface area (Å²) in [5, 5.41) is 3.38. The molecule has 1 aliphatic heterocycles. The van der Waals surface area contributed by atoms with Crippen molar-refractivity contribution in [2.24, 2.45) is 0 Å². The van der Waals surface area contributed by atoms with E-state index in [9.17, 15) is 4.79 Å². The van der Waals surface area contributed by atoms with Crippen molar-refractivity contribution >= 4 is 11.5 Å². The molecule has 0 saturated heterocycles. The third kappa shape index (κ3) is 1.31. The second-order valence-corrected chi connectivity index (χ2v) is 4.10. The Kier molecular flexibility index (Phi) is 2.06. The van der Waals surface area contributed by atoms with Crippen LogP contribution in [0.5, 0.6) is 0 Å². The first-order valence-corrected chi connectivity index (χ1v) is 4.99. The number of Topliss-reactive ketones (excluding diaryl/α,β-unsaturated/α-hetero) is 1. The predicted octanol–water partition coefficient (Wildman–Crippen LogP) is 2.69. The number of benzene rings is 1. The number of fused-ring (bicyclic) bond motifs is 1. The molecule has 0 aromatic heterocycles. The number of ketones is 1. The highest BCUT2D eigenvalue weighted by molar-refractivity contribution is 6.04. The second kappa shape index (κ2) is 3.12. The molecule has 2 rings (SSSR count). The minimum atomic E-state index is 0.259. The van der Waals surface area contributed by atoms with E-state index in [-0.39, 0.29) is 11.8 Å². The molecule has 2 heteroatoms. The van der Waals surface area contributed by atoms with Crippen LogP contribution in [0.1, 0.15) is 34.8 Å². The monoisotopic (exact) mass is 189 g/mol.